The Morgan fingerprint density at radius 1 is 1.70 bits per heavy atom. The molecule has 2 heteroatoms. The second-order valence-electron chi connectivity index (χ2n) is 2.96. The lowest BCUT2D eigenvalue weighted by atomic mass is 10.2. The minimum Gasteiger partial charge on any atom is -0.332 e. The molecule has 2 nitrogen and oxygen atoms in total. The largest absolute Gasteiger partial charge is 0.332 e. The van der Waals surface area contributed by atoms with Gasteiger partial charge in [-0.15, -0.1) is 0 Å². The Morgan fingerprint density at radius 2 is 2.30 bits per heavy atom. The maximum absolute atomic E-state index is 10.3. The number of hydrogen-bond donors (Lipinski definition) is 0. The minimum absolute atomic E-state index is 0.419. The SMILES string of the molecule is CCN([C]=O)C(C)C1CC1. The topological polar surface area (TPSA) is 20.3 Å². The number of nitrogens with zero attached hydrogens (tertiary/aromatic N) is 1. The van der Waals surface area contributed by atoms with Crippen molar-refractivity contribution in [3.05, 3.63) is 0 Å². The first-order chi connectivity index (χ1) is 4.79. The lowest BCUT2D eigenvalue weighted by molar-refractivity contribution is 0.295. The molecule has 1 saturated carbocycles. The smallest absolute Gasteiger partial charge is 0.312 e. The molecule has 0 aromatic heterocycles. The van der Waals surface area contributed by atoms with Gasteiger partial charge in [-0.3, -0.25) is 4.79 Å². The lowest BCUT2D eigenvalue weighted by Gasteiger charge is -2.21. The van der Waals surface area contributed by atoms with Crippen molar-refractivity contribution < 1.29 is 4.79 Å². The van der Waals surface area contributed by atoms with E-state index in [1.807, 2.05) is 13.3 Å². The van der Waals surface area contributed by atoms with Crippen molar-refractivity contribution in [1.29, 1.82) is 0 Å². The summed E-state index contributed by atoms with van der Waals surface area (Å²) in [5, 5.41) is 0. The molecule has 57 valence electrons. The zero-order valence-corrected chi connectivity index (χ0v) is 6.63. The van der Waals surface area contributed by atoms with E-state index in [1.165, 1.54) is 12.8 Å². The van der Waals surface area contributed by atoms with E-state index in [0.29, 0.717) is 6.04 Å². The minimum atomic E-state index is 0.419. The van der Waals surface area contributed by atoms with E-state index >= 15 is 0 Å². The highest BCUT2D eigenvalue weighted by atomic mass is 16.1. The first kappa shape index (κ1) is 7.58. The molecule has 1 rings (SSSR count). The average Bonchev–Trinajstić information content (AvgIpc) is 2.71. The standard InChI is InChI=1S/C8H14NO/c1-3-9(6-10)7(2)8-4-5-8/h7-8H,3-5H2,1-2H3. The van der Waals surface area contributed by atoms with Crippen LogP contribution >= 0.6 is 0 Å². The molecule has 0 aromatic carbocycles. The normalized spacial score (nSPS) is 20.2. The van der Waals surface area contributed by atoms with Crippen LogP contribution in [-0.4, -0.2) is 23.9 Å². The quantitative estimate of drug-likeness (QED) is 0.537. The molecule has 0 N–H and O–H groups in total. The van der Waals surface area contributed by atoms with Crippen molar-refractivity contribution in [2.24, 2.45) is 5.92 Å². The van der Waals surface area contributed by atoms with Crippen LogP contribution in [0.4, 0.5) is 0 Å². The molecule has 10 heavy (non-hydrogen) atoms. The Labute approximate surface area is 62.2 Å². The first-order valence-electron chi connectivity index (χ1n) is 3.94. The van der Waals surface area contributed by atoms with Gasteiger partial charge in [0.25, 0.3) is 0 Å². The molecular weight excluding hydrogens is 126 g/mol. The van der Waals surface area contributed by atoms with Crippen LogP contribution in [0.25, 0.3) is 0 Å². The highest BCUT2D eigenvalue weighted by Gasteiger charge is 2.30. The molecule has 1 fully saturated rings. The highest BCUT2D eigenvalue weighted by Crippen LogP contribution is 2.34. The van der Waals surface area contributed by atoms with Gasteiger partial charge < -0.3 is 4.90 Å². The van der Waals surface area contributed by atoms with Crippen LogP contribution in [0.5, 0.6) is 0 Å². The van der Waals surface area contributed by atoms with Crippen molar-refractivity contribution in [3.8, 4) is 0 Å². The lowest BCUT2D eigenvalue weighted by Crippen LogP contribution is -2.32. The fourth-order valence-electron chi connectivity index (χ4n) is 1.27. The molecule has 1 unspecified atom stereocenters. The summed E-state index contributed by atoms with van der Waals surface area (Å²) in [6, 6.07) is 0.419. The number of hydrogen-bond acceptors (Lipinski definition) is 1. The van der Waals surface area contributed by atoms with Crippen LogP contribution in [0.2, 0.25) is 0 Å². The number of amides is 1. The van der Waals surface area contributed by atoms with Gasteiger partial charge in [0.2, 0.25) is 0 Å². The Hall–Kier alpha value is -0.530. The summed E-state index contributed by atoms with van der Waals surface area (Å²) in [5.41, 5.74) is 0. The van der Waals surface area contributed by atoms with E-state index < -0.39 is 0 Å². The summed E-state index contributed by atoms with van der Waals surface area (Å²) < 4.78 is 0. The van der Waals surface area contributed by atoms with E-state index in [4.69, 9.17) is 0 Å². The highest BCUT2D eigenvalue weighted by molar-refractivity contribution is 5.48. The molecule has 1 aliphatic rings. The van der Waals surface area contributed by atoms with Crippen molar-refractivity contribution in [3.63, 3.8) is 0 Å². The second kappa shape index (κ2) is 3.04. The molecular formula is C8H14NO. The molecule has 1 amide bonds. The fourth-order valence-corrected chi connectivity index (χ4v) is 1.27. The number of carbonyl (C=O) groups excluding carboxylic acids is 1. The third-order valence-corrected chi connectivity index (χ3v) is 2.25. The monoisotopic (exact) mass is 140 g/mol. The van der Waals surface area contributed by atoms with Crippen molar-refractivity contribution in [2.75, 3.05) is 6.54 Å². The van der Waals surface area contributed by atoms with Gasteiger partial charge in [-0.1, -0.05) is 0 Å². The Morgan fingerprint density at radius 3 is 2.60 bits per heavy atom. The molecule has 0 spiro atoms. The van der Waals surface area contributed by atoms with Crippen LogP contribution in [-0.2, 0) is 4.79 Å². The van der Waals surface area contributed by atoms with Crippen LogP contribution in [0.15, 0.2) is 0 Å². The predicted molar refractivity (Wildman–Crippen MR) is 40.3 cm³/mol. The summed E-state index contributed by atoms with van der Waals surface area (Å²) in [4.78, 5) is 12.1. The van der Waals surface area contributed by atoms with Gasteiger partial charge in [0.05, 0.1) is 0 Å². The molecule has 0 aliphatic heterocycles. The molecule has 0 heterocycles. The zero-order chi connectivity index (χ0) is 7.56. The fraction of sp³-hybridized carbons (Fsp3) is 0.875. The van der Waals surface area contributed by atoms with Gasteiger partial charge in [0.1, 0.15) is 0 Å². The summed E-state index contributed by atoms with van der Waals surface area (Å²) in [6.45, 7) is 4.89. The molecule has 1 radical (unpaired) electrons. The maximum Gasteiger partial charge on any atom is 0.312 e. The number of rotatable bonds is 4. The zero-order valence-electron chi connectivity index (χ0n) is 6.63. The van der Waals surface area contributed by atoms with Crippen LogP contribution in [0.1, 0.15) is 26.7 Å². The Kier molecular flexibility index (Phi) is 2.30. The average molecular weight is 140 g/mol. The third kappa shape index (κ3) is 1.49. The van der Waals surface area contributed by atoms with E-state index in [0.717, 1.165) is 12.5 Å². The first-order valence-corrected chi connectivity index (χ1v) is 3.94. The van der Waals surface area contributed by atoms with Crippen molar-refractivity contribution >= 4 is 6.41 Å². The van der Waals surface area contributed by atoms with E-state index in [1.54, 1.807) is 4.90 Å². The maximum atomic E-state index is 10.3. The van der Waals surface area contributed by atoms with Crippen LogP contribution in [0, 0.1) is 5.92 Å². The van der Waals surface area contributed by atoms with Gasteiger partial charge in [-0.05, 0) is 32.6 Å². The van der Waals surface area contributed by atoms with E-state index in [-0.39, 0.29) is 0 Å². The Bertz CT molecular complexity index is 120. The van der Waals surface area contributed by atoms with E-state index in [2.05, 4.69) is 6.92 Å². The molecule has 0 saturated heterocycles. The molecule has 1 atom stereocenters. The predicted octanol–water partition coefficient (Wildman–Crippen LogP) is 1.17. The van der Waals surface area contributed by atoms with Crippen LogP contribution in [0.3, 0.4) is 0 Å². The van der Waals surface area contributed by atoms with Gasteiger partial charge >= 0.3 is 6.41 Å². The van der Waals surface area contributed by atoms with Gasteiger partial charge in [-0.25, -0.2) is 0 Å². The summed E-state index contributed by atoms with van der Waals surface area (Å²) in [7, 11) is 0. The second-order valence-corrected chi connectivity index (χ2v) is 2.96. The molecule has 1 aliphatic carbocycles. The van der Waals surface area contributed by atoms with Crippen LogP contribution < -0.4 is 0 Å². The Balaban J connectivity index is 2.34. The molecule has 0 bridgehead atoms. The van der Waals surface area contributed by atoms with Gasteiger partial charge in [-0.2, -0.15) is 0 Å². The summed E-state index contributed by atoms with van der Waals surface area (Å²) in [6.07, 6.45) is 4.54. The van der Waals surface area contributed by atoms with Gasteiger partial charge in [0.15, 0.2) is 0 Å². The summed E-state index contributed by atoms with van der Waals surface area (Å²) >= 11 is 0. The van der Waals surface area contributed by atoms with Crippen molar-refractivity contribution in [2.45, 2.75) is 32.7 Å². The van der Waals surface area contributed by atoms with E-state index in [9.17, 15) is 4.79 Å². The van der Waals surface area contributed by atoms with Crippen molar-refractivity contribution in [1.82, 2.24) is 4.90 Å². The molecule has 0 aromatic rings. The summed E-state index contributed by atoms with van der Waals surface area (Å²) in [5.74, 6) is 0.765. The van der Waals surface area contributed by atoms with Gasteiger partial charge in [0, 0.05) is 12.6 Å². The third-order valence-electron chi connectivity index (χ3n) is 2.25.